The molecule has 8 heteroatoms. The van der Waals surface area contributed by atoms with E-state index in [-0.39, 0.29) is 17.0 Å². The number of hydrogen-bond acceptors (Lipinski definition) is 5. The molecule has 0 unspecified atom stereocenters. The highest BCUT2D eigenvalue weighted by Crippen LogP contribution is 2.27. The van der Waals surface area contributed by atoms with E-state index in [1.54, 1.807) is 30.3 Å². The summed E-state index contributed by atoms with van der Waals surface area (Å²) in [6.45, 7) is 3.20. The van der Waals surface area contributed by atoms with Gasteiger partial charge in [0.2, 0.25) is 0 Å². The average molecular weight is 427 g/mol. The molecule has 0 spiro atoms. The molecule has 0 radical (unpaired) electrons. The number of halogens is 1. The van der Waals surface area contributed by atoms with Crippen LogP contribution in [0.4, 0.5) is 11.4 Å². The number of carbonyl (C=O) groups is 3. The van der Waals surface area contributed by atoms with Gasteiger partial charge < -0.3 is 19.8 Å². The fourth-order valence-corrected chi connectivity index (χ4v) is 3.19. The molecule has 0 aliphatic heterocycles. The highest BCUT2D eigenvalue weighted by Gasteiger charge is 2.18. The molecule has 154 valence electrons. The van der Waals surface area contributed by atoms with Crippen molar-refractivity contribution < 1.29 is 23.5 Å². The van der Waals surface area contributed by atoms with Gasteiger partial charge in [0.1, 0.15) is 0 Å². The average Bonchev–Trinajstić information content (AvgIpc) is 3.24. The van der Waals surface area contributed by atoms with E-state index in [0.717, 1.165) is 11.1 Å². The maximum absolute atomic E-state index is 12.5. The normalized spacial score (nSPS) is 10.4. The summed E-state index contributed by atoms with van der Waals surface area (Å²) in [4.78, 5) is 36.9. The number of ether oxygens (including phenoxy) is 1. The first-order valence-corrected chi connectivity index (χ1v) is 9.40. The number of para-hydroxylation sites is 1. The lowest BCUT2D eigenvalue weighted by atomic mass is 10.1. The molecule has 3 rings (SSSR count). The number of benzene rings is 2. The lowest BCUT2D eigenvalue weighted by Gasteiger charge is -2.13. The van der Waals surface area contributed by atoms with Crippen LogP contribution in [0.1, 0.15) is 32.0 Å². The molecule has 2 N–H and O–H groups in total. The maximum Gasteiger partial charge on any atom is 0.340 e. The number of hydrogen-bond donors (Lipinski definition) is 2. The van der Waals surface area contributed by atoms with Gasteiger partial charge in [0.05, 0.1) is 28.2 Å². The van der Waals surface area contributed by atoms with Crippen LogP contribution in [0.5, 0.6) is 0 Å². The van der Waals surface area contributed by atoms with Crippen LogP contribution in [0.3, 0.4) is 0 Å². The van der Waals surface area contributed by atoms with E-state index in [1.807, 2.05) is 19.9 Å². The molecule has 0 saturated heterocycles. The second-order valence-electron chi connectivity index (χ2n) is 6.54. The summed E-state index contributed by atoms with van der Waals surface area (Å²) >= 11 is 6.18. The summed E-state index contributed by atoms with van der Waals surface area (Å²) in [5.41, 5.74) is 2.58. The predicted octanol–water partition coefficient (Wildman–Crippen LogP) is 4.60. The molecule has 1 heterocycles. The van der Waals surface area contributed by atoms with Crippen molar-refractivity contribution in [3.05, 3.63) is 82.3 Å². The van der Waals surface area contributed by atoms with Gasteiger partial charge in [-0.2, -0.15) is 0 Å². The van der Waals surface area contributed by atoms with Gasteiger partial charge >= 0.3 is 5.97 Å². The van der Waals surface area contributed by atoms with Crippen molar-refractivity contribution in [1.29, 1.82) is 0 Å². The zero-order valence-corrected chi connectivity index (χ0v) is 17.1. The minimum atomic E-state index is -0.757. The summed E-state index contributed by atoms with van der Waals surface area (Å²) in [6.07, 6.45) is 1.37. The predicted molar refractivity (Wildman–Crippen MR) is 113 cm³/mol. The molecule has 7 nitrogen and oxygen atoms in total. The smallest absolute Gasteiger partial charge is 0.340 e. The first-order valence-electron chi connectivity index (χ1n) is 9.02. The third-order valence-electron chi connectivity index (χ3n) is 4.17. The Kier molecular flexibility index (Phi) is 6.54. The van der Waals surface area contributed by atoms with E-state index in [0.29, 0.717) is 10.7 Å². The number of aryl methyl sites for hydroxylation is 2. The van der Waals surface area contributed by atoms with Gasteiger partial charge in [-0.25, -0.2) is 4.79 Å². The number of nitrogens with one attached hydrogen (secondary N) is 2. The molecule has 0 fully saturated rings. The summed E-state index contributed by atoms with van der Waals surface area (Å²) in [5.74, 6) is -1.70. The molecule has 0 saturated carbocycles. The van der Waals surface area contributed by atoms with Gasteiger partial charge in [0.15, 0.2) is 12.4 Å². The van der Waals surface area contributed by atoms with E-state index >= 15 is 0 Å². The molecule has 3 aromatic rings. The van der Waals surface area contributed by atoms with Gasteiger partial charge in [-0.3, -0.25) is 9.59 Å². The van der Waals surface area contributed by atoms with Crippen molar-refractivity contribution in [2.45, 2.75) is 13.8 Å². The minimum Gasteiger partial charge on any atom is -0.459 e. The van der Waals surface area contributed by atoms with Crippen LogP contribution in [-0.4, -0.2) is 24.4 Å². The van der Waals surface area contributed by atoms with Gasteiger partial charge in [0.25, 0.3) is 11.8 Å². The maximum atomic E-state index is 12.5. The zero-order valence-electron chi connectivity index (χ0n) is 16.3. The van der Waals surface area contributed by atoms with Crippen molar-refractivity contribution in [1.82, 2.24) is 0 Å². The van der Waals surface area contributed by atoms with E-state index in [9.17, 15) is 14.4 Å². The van der Waals surface area contributed by atoms with Crippen LogP contribution in [0.25, 0.3) is 0 Å². The first-order chi connectivity index (χ1) is 14.3. The highest BCUT2D eigenvalue weighted by molar-refractivity contribution is 6.34. The molecular formula is C22H19ClN2O5. The Labute approximate surface area is 178 Å². The van der Waals surface area contributed by atoms with Crippen LogP contribution in [0.2, 0.25) is 5.02 Å². The van der Waals surface area contributed by atoms with Gasteiger partial charge in [-0.15, -0.1) is 0 Å². The third kappa shape index (κ3) is 5.07. The van der Waals surface area contributed by atoms with Gasteiger partial charge in [-0.1, -0.05) is 29.8 Å². The molecule has 0 aliphatic rings. The number of furan rings is 1. The third-order valence-corrected chi connectivity index (χ3v) is 4.47. The number of esters is 1. The lowest BCUT2D eigenvalue weighted by Crippen LogP contribution is -2.22. The largest absolute Gasteiger partial charge is 0.459 e. The van der Waals surface area contributed by atoms with Crippen molar-refractivity contribution >= 4 is 40.8 Å². The number of rotatable bonds is 6. The van der Waals surface area contributed by atoms with Crippen LogP contribution in [0, 0.1) is 13.8 Å². The zero-order chi connectivity index (χ0) is 21.7. The monoisotopic (exact) mass is 426 g/mol. The molecule has 2 amide bonds. The Morgan fingerprint density at radius 2 is 1.80 bits per heavy atom. The molecular weight excluding hydrogens is 408 g/mol. The fraction of sp³-hybridized carbons (Fsp3) is 0.136. The first kappa shape index (κ1) is 21.1. The molecule has 0 aliphatic carbocycles. The second kappa shape index (κ2) is 9.28. The molecule has 1 aromatic heterocycles. The summed E-state index contributed by atoms with van der Waals surface area (Å²) in [6, 6.07) is 13.0. The Hall–Kier alpha value is -3.58. The second-order valence-corrected chi connectivity index (χ2v) is 6.95. The van der Waals surface area contributed by atoms with Gasteiger partial charge in [0, 0.05) is 0 Å². The van der Waals surface area contributed by atoms with Crippen LogP contribution in [0.15, 0.2) is 59.2 Å². The van der Waals surface area contributed by atoms with Crippen LogP contribution < -0.4 is 10.6 Å². The Balaban J connectivity index is 1.64. The quantitative estimate of drug-likeness (QED) is 0.561. The Morgan fingerprint density at radius 3 is 2.50 bits per heavy atom. The summed E-state index contributed by atoms with van der Waals surface area (Å²) in [7, 11) is 0. The van der Waals surface area contributed by atoms with Crippen molar-refractivity contribution in [3.8, 4) is 0 Å². The van der Waals surface area contributed by atoms with Crippen molar-refractivity contribution in [2.75, 3.05) is 17.2 Å². The topological polar surface area (TPSA) is 97.6 Å². The molecule has 0 atom stereocenters. The summed E-state index contributed by atoms with van der Waals surface area (Å²) < 4.78 is 10.1. The van der Waals surface area contributed by atoms with Crippen molar-refractivity contribution in [3.63, 3.8) is 0 Å². The van der Waals surface area contributed by atoms with E-state index < -0.39 is 24.4 Å². The van der Waals surface area contributed by atoms with Crippen LogP contribution in [-0.2, 0) is 9.53 Å². The number of carbonyl (C=O) groups excluding carboxylic acids is 3. The van der Waals surface area contributed by atoms with E-state index in [4.69, 9.17) is 20.8 Å². The van der Waals surface area contributed by atoms with Gasteiger partial charge in [-0.05, 0) is 55.3 Å². The minimum absolute atomic E-state index is 0.0999. The van der Waals surface area contributed by atoms with Crippen molar-refractivity contribution in [2.24, 2.45) is 0 Å². The number of amides is 2. The molecule has 2 aromatic carbocycles. The Morgan fingerprint density at radius 1 is 1.03 bits per heavy atom. The SMILES string of the molecule is Cc1cc(C)c(NC(=O)COC(=O)c2ccccc2NC(=O)c2ccco2)c(Cl)c1. The standard InChI is InChI=1S/C22H19ClN2O5/c1-13-10-14(2)20(16(23)11-13)25-19(26)12-30-22(28)15-6-3-4-7-17(15)24-21(27)18-8-5-9-29-18/h3-11H,12H2,1-2H3,(H,24,27)(H,25,26). The lowest BCUT2D eigenvalue weighted by molar-refractivity contribution is -0.119. The van der Waals surface area contributed by atoms with E-state index in [2.05, 4.69) is 10.6 Å². The molecule has 0 bridgehead atoms. The summed E-state index contributed by atoms with van der Waals surface area (Å²) in [5, 5.41) is 5.64. The fourth-order valence-electron chi connectivity index (χ4n) is 2.82. The highest BCUT2D eigenvalue weighted by atomic mass is 35.5. The Bertz CT molecular complexity index is 1070. The molecule has 30 heavy (non-hydrogen) atoms. The number of anilines is 2. The van der Waals surface area contributed by atoms with Crippen LogP contribution >= 0.6 is 11.6 Å². The van der Waals surface area contributed by atoms with E-state index in [1.165, 1.54) is 18.4 Å².